The molecule has 0 N–H and O–H groups in total. The number of fused-ring (bicyclic) bond motifs is 3. The molecule has 1 saturated carbocycles. The van der Waals surface area contributed by atoms with Crippen molar-refractivity contribution in [3.8, 4) is 11.3 Å². The maximum Gasteiger partial charge on any atom is 0.168 e. The molecule has 2 unspecified atom stereocenters. The predicted octanol–water partition coefficient (Wildman–Crippen LogP) is 4.86. The van der Waals surface area contributed by atoms with Gasteiger partial charge in [0.15, 0.2) is 5.79 Å². The topological polar surface area (TPSA) is 36.3 Å². The van der Waals surface area contributed by atoms with Crippen LogP contribution in [0.25, 0.3) is 11.3 Å². The summed E-state index contributed by atoms with van der Waals surface area (Å²) in [6.07, 6.45) is 5.39. The third-order valence-corrected chi connectivity index (χ3v) is 6.77. The van der Waals surface area contributed by atoms with E-state index in [9.17, 15) is 0 Å². The van der Waals surface area contributed by atoms with Crippen LogP contribution in [0.2, 0.25) is 0 Å². The largest absolute Gasteiger partial charge is 0.348 e. The van der Waals surface area contributed by atoms with Crippen molar-refractivity contribution in [2.24, 2.45) is 13.0 Å². The molecule has 4 heteroatoms. The summed E-state index contributed by atoms with van der Waals surface area (Å²) in [4.78, 5) is 0. The Bertz CT molecular complexity index is 792. The summed E-state index contributed by atoms with van der Waals surface area (Å²) in [6.45, 7) is 7.91. The standard InChI is InChI=1S/C21H26N2O2.C2H6/c1-20-10-11-21(24-12-13-25-21)14-16(20)8-9-17-18(23(2)22-19(17)20)15-6-4-3-5-7-15;1-2/h3-7,16H,8-14H2,1-2H3;1-2H3. The average molecular weight is 369 g/mol. The predicted molar refractivity (Wildman–Crippen MR) is 108 cm³/mol. The molecule has 1 spiro atoms. The fourth-order valence-electron chi connectivity index (χ4n) is 5.39. The zero-order chi connectivity index (χ0) is 19.1. The average Bonchev–Trinajstić information content (AvgIpc) is 3.30. The third kappa shape index (κ3) is 2.94. The van der Waals surface area contributed by atoms with Crippen LogP contribution < -0.4 is 0 Å². The van der Waals surface area contributed by atoms with Crippen LogP contribution in [0, 0.1) is 5.92 Å². The highest BCUT2D eigenvalue weighted by Gasteiger charge is 2.53. The minimum absolute atomic E-state index is 0.138. The molecule has 2 atom stereocenters. The van der Waals surface area contributed by atoms with Crippen molar-refractivity contribution in [2.75, 3.05) is 13.2 Å². The smallest absolute Gasteiger partial charge is 0.168 e. The molecule has 1 aromatic carbocycles. The van der Waals surface area contributed by atoms with Gasteiger partial charge >= 0.3 is 0 Å². The van der Waals surface area contributed by atoms with E-state index in [-0.39, 0.29) is 11.2 Å². The van der Waals surface area contributed by atoms with E-state index in [1.54, 1.807) is 0 Å². The van der Waals surface area contributed by atoms with Crippen LogP contribution in [0.1, 0.15) is 57.7 Å². The minimum Gasteiger partial charge on any atom is -0.348 e. The molecule has 146 valence electrons. The fraction of sp³-hybridized carbons (Fsp3) is 0.609. The summed E-state index contributed by atoms with van der Waals surface area (Å²) < 4.78 is 14.1. The van der Waals surface area contributed by atoms with Crippen molar-refractivity contribution in [1.29, 1.82) is 0 Å². The molecule has 1 aromatic heterocycles. The summed E-state index contributed by atoms with van der Waals surface area (Å²) >= 11 is 0. The van der Waals surface area contributed by atoms with E-state index in [4.69, 9.17) is 14.6 Å². The molecule has 3 aliphatic rings. The summed E-state index contributed by atoms with van der Waals surface area (Å²) in [6, 6.07) is 10.7. The summed E-state index contributed by atoms with van der Waals surface area (Å²) in [5.41, 5.74) is 5.48. The van der Waals surface area contributed by atoms with E-state index in [0.29, 0.717) is 5.92 Å². The minimum atomic E-state index is -0.307. The van der Waals surface area contributed by atoms with Gasteiger partial charge in [0.05, 0.1) is 24.6 Å². The van der Waals surface area contributed by atoms with Crippen LogP contribution >= 0.6 is 0 Å². The van der Waals surface area contributed by atoms with Crippen molar-refractivity contribution in [3.05, 3.63) is 41.6 Å². The van der Waals surface area contributed by atoms with E-state index in [1.165, 1.54) is 28.9 Å². The van der Waals surface area contributed by atoms with E-state index in [0.717, 1.165) is 38.9 Å². The highest BCUT2D eigenvalue weighted by molar-refractivity contribution is 5.66. The van der Waals surface area contributed by atoms with Gasteiger partial charge in [0, 0.05) is 36.4 Å². The first-order chi connectivity index (χ1) is 13.1. The van der Waals surface area contributed by atoms with Gasteiger partial charge in [-0.1, -0.05) is 51.1 Å². The molecule has 0 bridgehead atoms. The molecule has 0 amide bonds. The second kappa shape index (κ2) is 7.06. The lowest BCUT2D eigenvalue weighted by Crippen LogP contribution is -2.49. The molecule has 2 fully saturated rings. The number of benzene rings is 1. The summed E-state index contributed by atoms with van der Waals surface area (Å²) in [7, 11) is 2.09. The van der Waals surface area contributed by atoms with Crippen LogP contribution in [-0.4, -0.2) is 28.8 Å². The Hall–Kier alpha value is -1.65. The van der Waals surface area contributed by atoms with Crippen LogP contribution in [-0.2, 0) is 28.4 Å². The Kier molecular flexibility index (Phi) is 4.89. The second-order valence-electron chi connectivity index (χ2n) is 8.13. The molecule has 2 aromatic rings. The molecule has 27 heavy (non-hydrogen) atoms. The van der Waals surface area contributed by atoms with Crippen molar-refractivity contribution < 1.29 is 9.47 Å². The van der Waals surface area contributed by atoms with Gasteiger partial charge in [0.1, 0.15) is 0 Å². The number of rotatable bonds is 1. The van der Waals surface area contributed by atoms with E-state index in [1.807, 2.05) is 13.8 Å². The molecule has 1 aliphatic heterocycles. The highest BCUT2D eigenvalue weighted by atomic mass is 16.7. The lowest BCUT2D eigenvalue weighted by Gasteiger charge is -2.49. The molecule has 2 aliphatic carbocycles. The molecule has 4 nitrogen and oxygen atoms in total. The van der Waals surface area contributed by atoms with Crippen LogP contribution in [0.15, 0.2) is 30.3 Å². The molecule has 0 radical (unpaired) electrons. The highest BCUT2D eigenvalue weighted by Crippen LogP contribution is 2.54. The van der Waals surface area contributed by atoms with Crippen LogP contribution in [0.3, 0.4) is 0 Å². The number of hydrogen-bond acceptors (Lipinski definition) is 3. The second-order valence-corrected chi connectivity index (χ2v) is 8.13. The van der Waals surface area contributed by atoms with E-state index >= 15 is 0 Å². The molecular weight excluding hydrogens is 336 g/mol. The van der Waals surface area contributed by atoms with Crippen LogP contribution in [0.4, 0.5) is 0 Å². The van der Waals surface area contributed by atoms with Gasteiger partial charge in [-0.3, -0.25) is 4.68 Å². The maximum absolute atomic E-state index is 6.01. The summed E-state index contributed by atoms with van der Waals surface area (Å²) in [5.74, 6) is 0.281. The zero-order valence-electron chi connectivity index (χ0n) is 17.1. The quantitative estimate of drug-likeness (QED) is 0.721. The van der Waals surface area contributed by atoms with Crippen molar-refractivity contribution in [2.45, 2.75) is 64.1 Å². The third-order valence-electron chi connectivity index (χ3n) is 6.77. The number of nitrogens with zero attached hydrogens (tertiary/aromatic N) is 2. The fourth-order valence-corrected chi connectivity index (χ4v) is 5.39. The van der Waals surface area contributed by atoms with Crippen molar-refractivity contribution in [3.63, 3.8) is 0 Å². The van der Waals surface area contributed by atoms with Crippen molar-refractivity contribution in [1.82, 2.24) is 9.78 Å². The van der Waals surface area contributed by atoms with Gasteiger partial charge in [0.2, 0.25) is 0 Å². The zero-order valence-corrected chi connectivity index (χ0v) is 17.1. The van der Waals surface area contributed by atoms with Crippen molar-refractivity contribution >= 4 is 0 Å². The lowest BCUT2D eigenvalue weighted by atomic mass is 9.58. The molecule has 1 saturated heterocycles. The Balaban J connectivity index is 0.000000872. The number of aromatic nitrogens is 2. The summed E-state index contributed by atoms with van der Waals surface area (Å²) in [5, 5.41) is 5.03. The Morgan fingerprint density at radius 1 is 1.07 bits per heavy atom. The Morgan fingerprint density at radius 2 is 1.78 bits per heavy atom. The Labute approximate surface area is 162 Å². The van der Waals surface area contributed by atoms with Gasteiger partial charge in [-0.15, -0.1) is 0 Å². The van der Waals surface area contributed by atoms with E-state index < -0.39 is 0 Å². The first-order valence-corrected chi connectivity index (χ1v) is 10.5. The Morgan fingerprint density at radius 3 is 2.48 bits per heavy atom. The van der Waals surface area contributed by atoms with Gasteiger partial charge in [-0.05, 0) is 25.2 Å². The molecular formula is C23H32N2O2. The SMILES string of the molecule is CC.Cn1nc2c(c1-c1ccccc1)CCC1CC3(CCC21C)OCCO3. The molecule has 5 rings (SSSR count). The van der Waals surface area contributed by atoms with Gasteiger partial charge in [0.25, 0.3) is 0 Å². The van der Waals surface area contributed by atoms with Gasteiger partial charge in [-0.25, -0.2) is 0 Å². The van der Waals surface area contributed by atoms with E-state index in [2.05, 4.69) is 49.0 Å². The maximum atomic E-state index is 6.01. The molecule has 2 heterocycles. The number of ether oxygens (including phenoxy) is 2. The first kappa shape index (κ1) is 18.7. The van der Waals surface area contributed by atoms with Gasteiger partial charge in [-0.2, -0.15) is 5.10 Å². The first-order valence-electron chi connectivity index (χ1n) is 10.5. The monoisotopic (exact) mass is 368 g/mol. The normalized spacial score (nSPS) is 28.2. The lowest BCUT2D eigenvalue weighted by molar-refractivity contribution is -0.199. The van der Waals surface area contributed by atoms with Crippen LogP contribution in [0.5, 0.6) is 0 Å². The number of hydrogen-bond donors (Lipinski definition) is 0. The van der Waals surface area contributed by atoms with Gasteiger partial charge < -0.3 is 9.47 Å². The number of aryl methyl sites for hydroxylation is 1.